The van der Waals surface area contributed by atoms with Gasteiger partial charge < -0.3 is 9.84 Å². The molecule has 0 radical (unpaired) electrons. The Bertz CT molecular complexity index is 309. The Balaban J connectivity index is 1.68. The van der Waals surface area contributed by atoms with E-state index >= 15 is 0 Å². The van der Waals surface area contributed by atoms with Crippen molar-refractivity contribution < 1.29 is 14.6 Å². The number of carboxylic acid groups (broad SMARTS) is 1. The average Bonchev–Trinajstić information content (AvgIpc) is 3.08. The Morgan fingerprint density at radius 3 is 2.59 bits per heavy atom. The van der Waals surface area contributed by atoms with Crippen LogP contribution in [0.1, 0.15) is 57.8 Å². The van der Waals surface area contributed by atoms with Gasteiger partial charge in [0.25, 0.3) is 0 Å². The number of ether oxygens (including phenoxy) is 1. The van der Waals surface area contributed by atoms with E-state index in [9.17, 15) is 9.90 Å². The second kappa shape index (κ2) is 4.27. The maximum absolute atomic E-state index is 11.7. The van der Waals surface area contributed by atoms with Crippen molar-refractivity contribution in [2.45, 2.75) is 70.0 Å². The van der Waals surface area contributed by atoms with E-state index in [0.717, 1.165) is 25.7 Å². The molecule has 3 heteroatoms. The molecular formula is C14H22O3. The first-order valence-electron chi connectivity index (χ1n) is 7.08. The standard InChI is InChI=1S/C14H22O3/c15-13(16)14(7-6-11-12(9-14)17-11)8-10-4-2-1-3-5-10/h10-12H,1-9H2,(H,15,16). The van der Waals surface area contributed by atoms with Crippen molar-refractivity contribution in [1.82, 2.24) is 0 Å². The monoisotopic (exact) mass is 238 g/mol. The van der Waals surface area contributed by atoms with Crippen molar-refractivity contribution in [3.8, 4) is 0 Å². The molecular weight excluding hydrogens is 216 g/mol. The van der Waals surface area contributed by atoms with Crippen molar-refractivity contribution in [2.24, 2.45) is 11.3 Å². The molecule has 2 saturated carbocycles. The van der Waals surface area contributed by atoms with Gasteiger partial charge >= 0.3 is 5.97 Å². The van der Waals surface area contributed by atoms with Crippen molar-refractivity contribution in [2.75, 3.05) is 0 Å². The summed E-state index contributed by atoms with van der Waals surface area (Å²) in [4.78, 5) is 11.7. The van der Waals surface area contributed by atoms with Gasteiger partial charge in [0.15, 0.2) is 0 Å². The van der Waals surface area contributed by atoms with Gasteiger partial charge in [0, 0.05) is 0 Å². The van der Waals surface area contributed by atoms with Crippen LogP contribution in [-0.2, 0) is 9.53 Å². The summed E-state index contributed by atoms with van der Waals surface area (Å²) in [5, 5.41) is 9.60. The number of carboxylic acids is 1. The zero-order valence-corrected chi connectivity index (χ0v) is 10.4. The fourth-order valence-electron chi connectivity index (χ4n) is 3.93. The predicted octanol–water partition coefficient (Wildman–Crippen LogP) is 2.98. The van der Waals surface area contributed by atoms with Gasteiger partial charge in [-0.1, -0.05) is 32.1 Å². The summed E-state index contributed by atoms with van der Waals surface area (Å²) in [6.07, 6.45) is 10.5. The minimum atomic E-state index is -0.572. The summed E-state index contributed by atoms with van der Waals surface area (Å²) < 4.78 is 5.51. The predicted molar refractivity (Wildman–Crippen MR) is 63.8 cm³/mol. The molecule has 0 aromatic rings. The van der Waals surface area contributed by atoms with E-state index in [-0.39, 0.29) is 6.10 Å². The van der Waals surface area contributed by atoms with E-state index < -0.39 is 11.4 Å². The number of hydrogen-bond donors (Lipinski definition) is 1. The van der Waals surface area contributed by atoms with E-state index in [1.807, 2.05) is 0 Å². The molecule has 3 atom stereocenters. The zero-order valence-electron chi connectivity index (χ0n) is 10.4. The SMILES string of the molecule is O=C(O)C1(CC2CCCCC2)CCC2OC2C1. The third kappa shape index (κ3) is 2.22. The van der Waals surface area contributed by atoms with Crippen molar-refractivity contribution >= 4 is 5.97 Å². The topological polar surface area (TPSA) is 49.8 Å². The Labute approximate surface area is 103 Å². The first kappa shape index (κ1) is 11.5. The van der Waals surface area contributed by atoms with Crippen molar-refractivity contribution in [3.63, 3.8) is 0 Å². The van der Waals surface area contributed by atoms with Gasteiger partial charge in [0.05, 0.1) is 17.6 Å². The quantitative estimate of drug-likeness (QED) is 0.769. The zero-order chi connectivity index (χ0) is 11.9. The Kier molecular flexibility index (Phi) is 2.89. The van der Waals surface area contributed by atoms with E-state index in [2.05, 4.69) is 0 Å². The highest BCUT2D eigenvalue weighted by molar-refractivity contribution is 5.75. The lowest BCUT2D eigenvalue weighted by Gasteiger charge is -2.36. The number of epoxide rings is 1. The highest BCUT2D eigenvalue weighted by atomic mass is 16.6. The summed E-state index contributed by atoms with van der Waals surface area (Å²) in [6.45, 7) is 0. The van der Waals surface area contributed by atoms with E-state index in [4.69, 9.17) is 4.74 Å². The normalized spacial score (nSPS) is 41.9. The number of fused-ring (bicyclic) bond motifs is 1. The molecule has 0 aromatic carbocycles. The molecule has 3 fully saturated rings. The highest BCUT2D eigenvalue weighted by Gasteiger charge is 2.54. The molecule has 2 aliphatic carbocycles. The molecule has 0 bridgehead atoms. The Morgan fingerprint density at radius 1 is 1.18 bits per heavy atom. The van der Waals surface area contributed by atoms with Crippen LogP contribution in [-0.4, -0.2) is 23.3 Å². The van der Waals surface area contributed by atoms with Crippen LogP contribution in [0.2, 0.25) is 0 Å². The Hall–Kier alpha value is -0.570. The maximum Gasteiger partial charge on any atom is 0.309 e. The maximum atomic E-state index is 11.7. The molecule has 0 amide bonds. The van der Waals surface area contributed by atoms with Gasteiger partial charge in [-0.2, -0.15) is 0 Å². The van der Waals surface area contributed by atoms with Crippen LogP contribution in [0.5, 0.6) is 0 Å². The van der Waals surface area contributed by atoms with Crippen molar-refractivity contribution in [1.29, 1.82) is 0 Å². The molecule has 1 aliphatic heterocycles. The molecule has 3 unspecified atom stereocenters. The number of aliphatic carboxylic acids is 1. The third-order valence-electron chi connectivity index (χ3n) is 5.04. The molecule has 1 N–H and O–H groups in total. The average molecular weight is 238 g/mol. The van der Waals surface area contributed by atoms with E-state index in [1.165, 1.54) is 32.1 Å². The molecule has 3 nitrogen and oxygen atoms in total. The third-order valence-corrected chi connectivity index (χ3v) is 5.04. The summed E-state index contributed by atoms with van der Waals surface area (Å²) >= 11 is 0. The Morgan fingerprint density at radius 2 is 1.94 bits per heavy atom. The second-order valence-electron chi connectivity index (χ2n) is 6.25. The van der Waals surface area contributed by atoms with Crippen molar-refractivity contribution in [3.05, 3.63) is 0 Å². The van der Waals surface area contributed by atoms with E-state index in [1.54, 1.807) is 0 Å². The molecule has 17 heavy (non-hydrogen) atoms. The smallest absolute Gasteiger partial charge is 0.309 e. The molecule has 1 heterocycles. The van der Waals surface area contributed by atoms with Crippen LogP contribution in [0.3, 0.4) is 0 Å². The fraction of sp³-hybridized carbons (Fsp3) is 0.929. The summed E-state index contributed by atoms with van der Waals surface area (Å²) in [5.74, 6) is 0.0761. The van der Waals surface area contributed by atoms with Crippen LogP contribution in [0.25, 0.3) is 0 Å². The van der Waals surface area contributed by atoms with Gasteiger partial charge in [-0.25, -0.2) is 0 Å². The van der Waals surface area contributed by atoms with Crippen LogP contribution in [0, 0.1) is 11.3 Å². The summed E-state index contributed by atoms with van der Waals surface area (Å²) in [7, 11) is 0. The first-order chi connectivity index (χ1) is 8.20. The van der Waals surface area contributed by atoms with Crippen LogP contribution >= 0.6 is 0 Å². The van der Waals surface area contributed by atoms with Gasteiger partial charge in [-0.15, -0.1) is 0 Å². The summed E-state index contributed by atoms with van der Waals surface area (Å²) in [5.41, 5.74) is -0.459. The second-order valence-corrected chi connectivity index (χ2v) is 6.25. The van der Waals surface area contributed by atoms with Gasteiger partial charge in [0.2, 0.25) is 0 Å². The lowest BCUT2D eigenvalue weighted by atomic mass is 9.67. The van der Waals surface area contributed by atoms with Gasteiger partial charge in [0.1, 0.15) is 0 Å². The van der Waals surface area contributed by atoms with Crippen LogP contribution < -0.4 is 0 Å². The number of rotatable bonds is 3. The van der Waals surface area contributed by atoms with Gasteiger partial charge in [-0.05, 0) is 31.6 Å². The number of carbonyl (C=O) groups is 1. The minimum Gasteiger partial charge on any atom is -0.481 e. The van der Waals surface area contributed by atoms with Crippen LogP contribution in [0.4, 0.5) is 0 Å². The molecule has 0 aromatic heterocycles. The first-order valence-corrected chi connectivity index (χ1v) is 7.08. The molecule has 1 saturated heterocycles. The summed E-state index contributed by atoms with van der Waals surface area (Å²) in [6, 6.07) is 0. The lowest BCUT2D eigenvalue weighted by Crippen LogP contribution is -2.38. The number of hydrogen-bond acceptors (Lipinski definition) is 2. The van der Waals surface area contributed by atoms with Crippen LogP contribution in [0.15, 0.2) is 0 Å². The fourth-order valence-corrected chi connectivity index (χ4v) is 3.93. The molecule has 96 valence electrons. The van der Waals surface area contributed by atoms with E-state index in [0.29, 0.717) is 12.0 Å². The van der Waals surface area contributed by atoms with Gasteiger partial charge in [-0.3, -0.25) is 4.79 Å². The highest BCUT2D eigenvalue weighted by Crippen LogP contribution is 2.50. The minimum absolute atomic E-state index is 0.267. The largest absolute Gasteiger partial charge is 0.481 e. The lowest BCUT2D eigenvalue weighted by molar-refractivity contribution is -0.152. The molecule has 0 spiro atoms. The molecule has 3 rings (SSSR count). The molecule has 3 aliphatic rings.